The fraction of sp³-hybridized carbons (Fsp3) is 0.273. The topological polar surface area (TPSA) is 99.4 Å². The normalized spacial score (nSPS) is 11.7. The second-order valence-electron chi connectivity index (χ2n) is 6.96. The lowest BCUT2D eigenvalue weighted by Crippen LogP contribution is -2.32. The Morgan fingerprint density at radius 3 is 2.45 bits per heavy atom. The minimum atomic E-state index is -1.12. The molecular weight excluding hydrogens is 418 g/mol. The van der Waals surface area contributed by atoms with Crippen LogP contribution in [-0.4, -0.2) is 33.1 Å². The van der Waals surface area contributed by atoms with Crippen molar-refractivity contribution in [1.29, 1.82) is 0 Å². The van der Waals surface area contributed by atoms with Crippen molar-refractivity contribution in [3.05, 3.63) is 68.8 Å². The van der Waals surface area contributed by atoms with Gasteiger partial charge in [0.25, 0.3) is 11.5 Å². The van der Waals surface area contributed by atoms with Gasteiger partial charge in [0.1, 0.15) is 5.69 Å². The molecule has 2 aromatic heterocycles. The van der Waals surface area contributed by atoms with E-state index >= 15 is 0 Å². The maximum atomic E-state index is 12.9. The summed E-state index contributed by atoms with van der Waals surface area (Å²) >= 11 is 1.31. The van der Waals surface area contributed by atoms with Crippen LogP contribution in [0.2, 0.25) is 0 Å². The smallest absolute Gasteiger partial charge is 0.307 e. The predicted octanol–water partition coefficient (Wildman–Crippen LogP) is 3.08. The van der Waals surface area contributed by atoms with E-state index < -0.39 is 18.0 Å². The van der Waals surface area contributed by atoms with Crippen molar-refractivity contribution < 1.29 is 19.1 Å². The third-order valence-electron chi connectivity index (χ3n) is 4.83. The van der Waals surface area contributed by atoms with Crippen molar-refractivity contribution >= 4 is 34.7 Å². The molecule has 1 N–H and O–H groups in total. The Morgan fingerprint density at radius 1 is 1.10 bits per heavy atom. The van der Waals surface area contributed by atoms with Gasteiger partial charge >= 0.3 is 5.97 Å². The Morgan fingerprint density at radius 2 is 1.81 bits per heavy atom. The molecule has 162 valence electrons. The van der Waals surface area contributed by atoms with Crippen molar-refractivity contribution in [3.8, 4) is 5.69 Å². The van der Waals surface area contributed by atoms with Crippen LogP contribution in [0.5, 0.6) is 0 Å². The lowest BCUT2D eigenvalue weighted by atomic mass is 10.2. The van der Waals surface area contributed by atoms with Crippen molar-refractivity contribution in [2.24, 2.45) is 7.05 Å². The summed E-state index contributed by atoms with van der Waals surface area (Å²) in [5.74, 6) is -1.42. The zero-order valence-corrected chi connectivity index (χ0v) is 18.3. The summed E-state index contributed by atoms with van der Waals surface area (Å²) in [6.45, 7) is 3.13. The Hall–Kier alpha value is -3.46. The van der Waals surface area contributed by atoms with E-state index in [-0.39, 0.29) is 29.9 Å². The van der Waals surface area contributed by atoms with Crippen molar-refractivity contribution in [1.82, 2.24) is 9.36 Å². The fourth-order valence-corrected chi connectivity index (χ4v) is 3.72. The van der Waals surface area contributed by atoms with E-state index in [0.29, 0.717) is 16.3 Å². The first-order chi connectivity index (χ1) is 14.8. The zero-order valence-electron chi connectivity index (χ0n) is 17.5. The molecule has 1 atom stereocenters. The van der Waals surface area contributed by atoms with Gasteiger partial charge in [0.15, 0.2) is 11.9 Å². The first kappa shape index (κ1) is 22.2. The average molecular weight is 442 g/mol. The molecule has 0 saturated carbocycles. The van der Waals surface area contributed by atoms with Crippen molar-refractivity contribution in [3.63, 3.8) is 0 Å². The van der Waals surface area contributed by atoms with Gasteiger partial charge in [-0.3, -0.25) is 23.9 Å². The number of thiophene rings is 1. The molecule has 1 amide bonds. The van der Waals surface area contributed by atoms with E-state index in [9.17, 15) is 19.2 Å². The summed E-state index contributed by atoms with van der Waals surface area (Å²) in [7, 11) is 1.72. The molecule has 9 heteroatoms. The number of carbonyl (C=O) groups excluding carboxylic acids is 3. The third-order valence-corrected chi connectivity index (χ3v) is 5.74. The number of para-hydroxylation sites is 1. The molecule has 0 saturated heterocycles. The lowest BCUT2D eigenvalue weighted by molar-refractivity contribution is -0.153. The molecule has 3 rings (SSSR count). The van der Waals surface area contributed by atoms with Gasteiger partial charge in [-0.05, 0) is 37.4 Å². The lowest BCUT2D eigenvalue weighted by Gasteiger charge is -2.12. The van der Waals surface area contributed by atoms with Crippen LogP contribution in [0.15, 0.2) is 52.6 Å². The number of aromatic nitrogens is 2. The number of rotatable bonds is 8. The summed E-state index contributed by atoms with van der Waals surface area (Å²) in [4.78, 5) is 50.0. The average Bonchev–Trinajstić information content (AvgIpc) is 3.36. The predicted molar refractivity (Wildman–Crippen MR) is 118 cm³/mol. The van der Waals surface area contributed by atoms with Crippen LogP contribution in [0.3, 0.4) is 0 Å². The summed E-state index contributed by atoms with van der Waals surface area (Å²) in [6, 6.07) is 12.5. The van der Waals surface area contributed by atoms with Gasteiger partial charge in [0.05, 0.1) is 22.7 Å². The number of nitrogens with zero attached hydrogens (tertiary/aromatic N) is 2. The minimum absolute atomic E-state index is 0.00721. The van der Waals surface area contributed by atoms with Gasteiger partial charge < -0.3 is 10.1 Å². The van der Waals surface area contributed by atoms with Crippen LogP contribution in [0.4, 0.5) is 5.69 Å². The van der Waals surface area contributed by atoms with Gasteiger partial charge in [-0.1, -0.05) is 24.3 Å². The zero-order chi connectivity index (χ0) is 22.5. The maximum Gasteiger partial charge on any atom is 0.307 e. The van der Waals surface area contributed by atoms with E-state index in [1.54, 1.807) is 48.3 Å². The molecule has 0 aliphatic rings. The highest BCUT2D eigenvalue weighted by Crippen LogP contribution is 2.15. The molecule has 3 aromatic rings. The van der Waals surface area contributed by atoms with Crippen LogP contribution in [0, 0.1) is 6.92 Å². The van der Waals surface area contributed by atoms with Crippen molar-refractivity contribution in [2.45, 2.75) is 32.8 Å². The largest absolute Gasteiger partial charge is 0.453 e. The van der Waals surface area contributed by atoms with E-state index in [2.05, 4.69) is 5.32 Å². The standard InChI is InChI=1S/C22H23N3O5S/c1-14-20(22(29)25(24(14)3)16-8-5-4-6-9-16)23-21(28)15(2)30-19(27)12-11-17(26)18-10-7-13-31-18/h4-10,13,15H,11-12H2,1-3H3,(H,23,28). The molecule has 1 unspecified atom stereocenters. The van der Waals surface area contributed by atoms with Crippen LogP contribution in [0.25, 0.3) is 5.69 Å². The summed E-state index contributed by atoms with van der Waals surface area (Å²) in [6.07, 6.45) is -1.24. The molecule has 0 spiro atoms. The molecule has 0 bridgehead atoms. The second kappa shape index (κ2) is 9.57. The molecule has 31 heavy (non-hydrogen) atoms. The number of hydrogen-bond donors (Lipinski definition) is 1. The summed E-state index contributed by atoms with van der Waals surface area (Å²) in [5, 5.41) is 4.35. The first-order valence-electron chi connectivity index (χ1n) is 9.70. The highest BCUT2D eigenvalue weighted by molar-refractivity contribution is 7.12. The Kier molecular flexibility index (Phi) is 6.86. The number of esters is 1. The summed E-state index contributed by atoms with van der Waals surface area (Å²) < 4.78 is 8.22. The Balaban J connectivity index is 1.63. The molecule has 0 fully saturated rings. The number of nitrogens with one attached hydrogen (secondary N) is 1. The van der Waals surface area contributed by atoms with E-state index in [0.717, 1.165) is 0 Å². The molecule has 8 nitrogen and oxygen atoms in total. The van der Waals surface area contributed by atoms with Crippen LogP contribution in [0.1, 0.15) is 35.1 Å². The van der Waals surface area contributed by atoms with Gasteiger partial charge in [0, 0.05) is 13.5 Å². The maximum absolute atomic E-state index is 12.9. The highest BCUT2D eigenvalue weighted by Gasteiger charge is 2.23. The molecule has 0 aliphatic heterocycles. The number of benzene rings is 1. The van der Waals surface area contributed by atoms with Crippen LogP contribution in [-0.2, 0) is 21.4 Å². The molecule has 2 heterocycles. The van der Waals surface area contributed by atoms with E-state index in [4.69, 9.17) is 4.74 Å². The van der Waals surface area contributed by atoms with Gasteiger partial charge in [0.2, 0.25) is 0 Å². The monoisotopic (exact) mass is 441 g/mol. The number of Topliss-reactive ketones (excluding diaryl/α,β-unsaturated/α-hetero) is 1. The Labute approximate surface area is 183 Å². The highest BCUT2D eigenvalue weighted by atomic mass is 32.1. The third kappa shape index (κ3) is 5.00. The fourth-order valence-electron chi connectivity index (χ4n) is 3.02. The van der Waals surface area contributed by atoms with Crippen LogP contribution >= 0.6 is 11.3 Å². The first-order valence-corrected chi connectivity index (χ1v) is 10.6. The van der Waals surface area contributed by atoms with Gasteiger partial charge in [-0.25, -0.2) is 4.68 Å². The van der Waals surface area contributed by atoms with Crippen LogP contribution < -0.4 is 10.9 Å². The quantitative estimate of drug-likeness (QED) is 0.428. The molecular formula is C22H23N3O5S. The second-order valence-corrected chi connectivity index (χ2v) is 7.91. The number of ether oxygens (including phenoxy) is 1. The van der Waals surface area contributed by atoms with E-state index in [1.807, 2.05) is 18.2 Å². The Bertz CT molecular complexity index is 1150. The number of anilines is 1. The molecule has 0 radical (unpaired) electrons. The summed E-state index contributed by atoms with van der Waals surface area (Å²) in [5.41, 5.74) is 0.947. The van der Waals surface area contributed by atoms with Crippen molar-refractivity contribution in [2.75, 3.05) is 5.32 Å². The number of carbonyl (C=O) groups is 3. The minimum Gasteiger partial charge on any atom is -0.453 e. The van der Waals surface area contributed by atoms with E-state index in [1.165, 1.54) is 22.9 Å². The molecule has 1 aromatic carbocycles. The SMILES string of the molecule is Cc1c(NC(=O)C(C)OC(=O)CCC(=O)c2cccs2)c(=O)n(-c2ccccc2)n1C. The van der Waals surface area contributed by atoms with Gasteiger partial charge in [-0.2, -0.15) is 0 Å². The van der Waals surface area contributed by atoms with Gasteiger partial charge in [-0.15, -0.1) is 11.3 Å². The number of hydrogen-bond acceptors (Lipinski definition) is 6. The number of amides is 1. The molecule has 0 aliphatic carbocycles. The number of ketones is 1.